The molecule has 0 fully saturated rings. The lowest BCUT2D eigenvalue weighted by molar-refractivity contribution is 0.591. The number of para-hydroxylation sites is 1. The average Bonchev–Trinajstić information content (AvgIpc) is 2.89. The van der Waals surface area contributed by atoms with Crippen molar-refractivity contribution in [2.75, 3.05) is 29.7 Å². The van der Waals surface area contributed by atoms with Crippen molar-refractivity contribution in [3.05, 3.63) is 42.0 Å². The van der Waals surface area contributed by atoms with Crippen molar-refractivity contribution in [2.45, 2.75) is 13.3 Å². The van der Waals surface area contributed by atoms with Gasteiger partial charge in [-0.3, -0.25) is 4.31 Å². The van der Waals surface area contributed by atoms with Crippen molar-refractivity contribution in [1.29, 1.82) is 0 Å². The Morgan fingerprint density at radius 2 is 2.18 bits per heavy atom. The molecule has 0 bridgehead atoms. The first kappa shape index (κ1) is 16.4. The number of fused-ring (bicyclic) bond motifs is 1. The molecular weight excluding hydrogens is 300 g/mol. The first-order chi connectivity index (χ1) is 10.4. The highest BCUT2D eigenvalue weighted by molar-refractivity contribution is 7.92. The molecular formula is C15H22N4O2S. The molecule has 0 aromatic heterocycles. The first-order valence-electron chi connectivity index (χ1n) is 7.16. The van der Waals surface area contributed by atoms with Gasteiger partial charge in [-0.2, -0.15) is 0 Å². The lowest BCUT2D eigenvalue weighted by Gasteiger charge is -2.19. The fourth-order valence-electron chi connectivity index (χ4n) is 2.29. The summed E-state index contributed by atoms with van der Waals surface area (Å²) in [6.07, 6.45) is 0.755. The van der Waals surface area contributed by atoms with Crippen molar-refractivity contribution in [2.24, 2.45) is 10.7 Å². The number of nitrogens with zero attached hydrogens (tertiary/aromatic N) is 2. The van der Waals surface area contributed by atoms with Crippen LogP contribution in [0.25, 0.3) is 0 Å². The highest BCUT2D eigenvalue weighted by Crippen LogP contribution is 2.29. The lowest BCUT2D eigenvalue weighted by atomic mass is 10.2. The minimum atomic E-state index is -3.36. The van der Waals surface area contributed by atoms with Crippen LogP contribution in [0.3, 0.4) is 0 Å². The predicted molar refractivity (Wildman–Crippen MR) is 90.6 cm³/mol. The molecule has 1 heterocycles. The zero-order valence-electron chi connectivity index (χ0n) is 12.7. The van der Waals surface area contributed by atoms with E-state index < -0.39 is 10.0 Å². The molecule has 0 radical (unpaired) electrons. The third-order valence-electron chi connectivity index (χ3n) is 3.37. The molecule has 1 aromatic rings. The molecule has 22 heavy (non-hydrogen) atoms. The number of hydrogen-bond donors (Lipinski definition) is 2. The summed E-state index contributed by atoms with van der Waals surface area (Å²) in [6.45, 7) is 6.75. The Morgan fingerprint density at radius 3 is 2.91 bits per heavy atom. The number of rotatable bonds is 6. The maximum absolute atomic E-state index is 12.4. The molecule has 2 rings (SSSR count). The van der Waals surface area contributed by atoms with Gasteiger partial charge in [0.25, 0.3) is 0 Å². The van der Waals surface area contributed by atoms with Gasteiger partial charge in [-0.15, -0.1) is 0 Å². The van der Waals surface area contributed by atoms with Crippen LogP contribution in [0, 0.1) is 0 Å². The largest absolute Gasteiger partial charge is 0.370 e. The van der Waals surface area contributed by atoms with Crippen LogP contribution in [0.5, 0.6) is 0 Å². The average molecular weight is 322 g/mol. The van der Waals surface area contributed by atoms with E-state index in [9.17, 15) is 8.42 Å². The van der Waals surface area contributed by atoms with Crippen LogP contribution in [-0.2, 0) is 16.4 Å². The van der Waals surface area contributed by atoms with Gasteiger partial charge in [0.1, 0.15) is 0 Å². The van der Waals surface area contributed by atoms with E-state index in [0.29, 0.717) is 13.1 Å². The maximum atomic E-state index is 12.4. The minimum Gasteiger partial charge on any atom is -0.370 e. The van der Waals surface area contributed by atoms with Crippen molar-refractivity contribution < 1.29 is 8.42 Å². The first-order valence-corrected chi connectivity index (χ1v) is 8.77. The number of hydrogen-bond acceptors (Lipinski definition) is 3. The topological polar surface area (TPSA) is 87.8 Å². The molecule has 0 spiro atoms. The van der Waals surface area contributed by atoms with Crippen LogP contribution in [0.4, 0.5) is 5.69 Å². The SMILES string of the molecule is C=C(C)CN=C(N)NCCS(=O)(=O)N1CCc2ccccc21. The third-order valence-corrected chi connectivity index (χ3v) is 5.14. The van der Waals surface area contributed by atoms with E-state index >= 15 is 0 Å². The van der Waals surface area contributed by atoms with Crippen LogP contribution >= 0.6 is 0 Å². The second kappa shape index (κ2) is 6.83. The molecule has 1 aliphatic heterocycles. The van der Waals surface area contributed by atoms with Gasteiger partial charge in [-0.25, -0.2) is 13.4 Å². The van der Waals surface area contributed by atoms with Gasteiger partial charge < -0.3 is 11.1 Å². The Hall–Kier alpha value is -2.02. The summed E-state index contributed by atoms with van der Waals surface area (Å²) in [5.74, 6) is 0.213. The van der Waals surface area contributed by atoms with E-state index in [1.807, 2.05) is 31.2 Å². The van der Waals surface area contributed by atoms with Crippen molar-refractivity contribution in [3.63, 3.8) is 0 Å². The molecule has 1 aromatic carbocycles. The summed E-state index contributed by atoms with van der Waals surface area (Å²) >= 11 is 0. The summed E-state index contributed by atoms with van der Waals surface area (Å²) in [7, 11) is -3.36. The van der Waals surface area contributed by atoms with Crippen LogP contribution < -0.4 is 15.4 Å². The Kier molecular flexibility index (Phi) is 5.07. The third kappa shape index (κ3) is 4.00. The van der Waals surface area contributed by atoms with Crippen LogP contribution in [0.2, 0.25) is 0 Å². The van der Waals surface area contributed by atoms with Crippen molar-refractivity contribution in [1.82, 2.24) is 5.32 Å². The molecule has 0 unspecified atom stereocenters. The van der Waals surface area contributed by atoms with Gasteiger partial charge in [0, 0.05) is 13.1 Å². The summed E-state index contributed by atoms with van der Waals surface area (Å²) < 4.78 is 26.3. The number of nitrogens with two attached hydrogens (primary N) is 1. The standard InChI is InChI=1S/C15H22N4O2S/c1-12(2)11-18-15(16)17-8-10-22(20,21)19-9-7-13-5-3-4-6-14(13)19/h3-6H,1,7-11H2,2H3,(H3,16,17,18). The van der Waals surface area contributed by atoms with E-state index in [1.165, 1.54) is 4.31 Å². The molecule has 3 N–H and O–H groups in total. The second-order valence-electron chi connectivity index (χ2n) is 5.35. The Bertz CT molecular complexity index is 683. The van der Waals surface area contributed by atoms with E-state index in [-0.39, 0.29) is 18.3 Å². The Labute approximate surface area is 131 Å². The number of guanidine groups is 1. The fraction of sp³-hybridized carbons (Fsp3) is 0.400. The second-order valence-corrected chi connectivity index (χ2v) is 7.37. The molecule has 0 atom stereocenters. The molecule has 120 valence electrons. The fourth-order valence-corrected chi connectivity index (χ4v) is 3.72. The van der Waals surface area contributed by atoms with Gasteiger partial charge in [-0.1, -0.05) is 30.4 Å². The zero-order chi connectivity index (χ0) is 16.2. The summed E-state index contributed by atoms with van der Waals surface area (Å²) in [5.41, 5.74) is 8.42. The van der Waals surface area contributed by atoms with Gasteiger partial charge in [0.2, 0.25) is 10.0 Å². The molecule has 7 heteroatoms. The number of anilines is 1. The van der Waals surface area contributed by atoms with Gasteiger partial charge >= 0.3 is 0 Å². The summed E-state index contributed by atoms with van der Waals surface area (Å²) in [6, 6.07) is 7.59. The molecule has 6 nitrogen and oxygen atoms in total. The number of aliphatic imine (C=N–C) groups is 1. The lowest BCUT2D eigenvalue weighted by Crippen LogP contribution is -2.39. The summed E-state index contributed by atoms with van der Waals surface area (Å²) in [4.78, 5) is 4.05. The number of nitrogens with one attached hydrogen (secondary N) is 1. The van der Waals surface area contributed by atoms with Crippen LogP contribution in [-0.4, -0.2) is 39.8 Å². The zero-order valence-corrected chi connectivity index (χ0v) is 13.6. The van der Waals surface area contributed by atoms with Crippen LogP contribution in [0.15, 0.2) is 41.4 Å². The number of sulfonamides is 1. The highest BCUT2D eigenvalue weighted by atomic mass is 32.2. The van der Waals surface area contributed by atoms with E-state index in [1.54, 1.807) is 0 Å². The van der Waals surface area contributed by atoms with Crippen LogP contribution in [0.1, 0.15) is 12.5 Å². The normalized spacial score (nSPS) is 14.8. The van der Waals surface area contributed by atoms with Crippen molar-refractivity contribution >= 4 is 21.7 Å². The predicted octanol–water partition coefficient (Wildman–Crippen LogP) is 0.859. The van der Waals surface area contributed by atoms with E-state index in [4.69, 9.17) is 5.73 Å². The Morgan fingerprint density at radius 1 is 1.45 bits per heavy atom. The quantitative estimate of drug-likeness (QED) is 0.462. The van der Waals surface area contributed by atoms with Gasteiger partial charge in [-0.05, 0) is 25.0 Å². The van der Waals surface area contributed by atoms with E-state index in [2.05, 4.69) is 16.9 Å². The van der Waals surface area contributed by atoms with Gasteiger partial charge in [0.05, 0.1) is 18.0 Å². The smallest absolute Gasteiger partial charge is 0.236 e. The molecule has 0 aliphatic carbocycles. The Balaban J connectivity index is 1.93. The number of benzene rings is 1. The molecule has 0 amide bonds. The maximum Gasteiger partial charge on any atom is 0.236 e. The molecule has 0 saturated carbocycles. The van der Waals surface area contributed by atoms with Crippen molar-refractivity contribution in [3.8, 4) is 0 Å². The van der Waals surface area contributed by atoms with Gasteiger partial charge in [0.15, 0.2) is 5.96 Å². The van der Waals surface area contributed by atoms with E-state index in [0.717, 1.165) is 23.2 Å². The monoisotopic (exact) mass is 322 g/mol. The molecule has 1 aliphatic rings. The molecule has 0 saturated heterocycles. The minimum absolute atomic E-state index is 0.0232. The summed E-state index contributed by atoms with van der Waals surface area (Å²) in [5, 5.41) is 2.82. The highest BCUT2D eigenvalue weighted by Gasteiger charge is 2.28.